The lowest BCUT2D eigenvalue weighted by Gasteiger charge is -2.42. The Morgan fingerprint density at radius 3 is 2.82 bits per heavy atom. The Hall–Kier alpha value is -3.56. The molecular weight excluding hydrogens is 502 g/mol. The van der Waals surface area contributed by atoms with Crippen LogP contribution in [0, 0.1) is 5.41 Å². The second kappa shape index (κ2) is 8.74. The summed E-state index contributed by atoms with van der Waals surface area (Å²) in [5, 5.41) is 0.633. The first-order valence-corrected chi connectivity index (χ1v) is 13.4. The molecule has 2 aromatic heterocycles. The van der Waals surface area contributed by atoms with E-state index in [1.807, 2.05) is 30.5 Å². The molecule has 194 valence electrons. The molecule has 0 saturated carbocycles. The normalized spacial score (nSPS) is 21.3. The SMILES string of the molecule is COc1cc2c(cc1Cl)CC1(CCN(c3cnc4c(n3)CN=C4N3C(=O)CCc4ncccc43)CC1)[C@@H]2N. The fraction of sp³-hybridized carbons (Fsp3) is 0.393. The Balaban J connectivity index is 1.09. The monoisotopic (exact) mass is 529 g/mol. The Bertz CT molecular complexity index is 1500. The van der Waals surface area contributed by atoms with Gasteiger partial charge in [0.25, 0.3) is 0 Å². The van der Waals surface area contributed by atoms with E-state index in [2.05, 4.69) is 14.9 Å². The average Bonchev–Trinajstić information content (AvgIpc) is 3.46. The zero-order valence-corrected chi connectivity index (χ0v) is 21.9. The van der Waals surface area contributed by atoms with E-state index in [-0.39, 0.29) is 17.4 Å². The molecule has 1 fully saturated rings. The van der Waals surface area contributed by atoms with Gasteiger partial charge >= 0.3 is 0 Å². The minimum absolute atomic E-state index is 0.00497. The van der Waals surface area contributed by atoms with Crippen molar-refractivity contribution in [1.82, 2.24) is 15.0 Å². The van der Waals surface area contributed by atoms with Crippen LogP contribution in [0.15, 0.2) is 41.7 Å². The van der Waals surface area contributed by atoms with E-state index in [0.717, 1.165) is 60.8 Å². The number of fused-ring (bicyclic) bond motifs is 3. The fourth-order valence-corrected chi connectivity index (χ4v) is 6.76. The van der Waals surface area contributed by atoms with Crippen molar-refractivity contribution in [3.63, 3.8) is 0 Å². The molecule has 1 amide bonds. The highest BCUT2D eigenvalue weighted by atomic mass is 35.5. The van der Waals surface area contributed by atoms with Gasteiger partial charge in [-0.25, -0.2) is 9.97 Å². The molecule has 1 saturated heterocycles. The number of carbonyl (C=O) groups is 1. The van der Waals surface area contributed by atoms with Gasteiger partial charge in [0, 0.05) is 38.2 Å². The Kier molecular flexibility index (Phi) is 5.42. The third-order valence-corrected chi connectivity index (χ3v) is 8.90. The third-order valence-electron chi connectivity index (χ3n) is 8.60. The Morgan fingerprint density at radius 1 is 1.16 bits per heavy atom. The van der Waals surface area contributed by atoms with E-state index in [1.165, 1.54) is 5.56 Å². The number of nitrogens with zero attached hydrogens (tertiary/aromatic N) is 6. The molecule has 3 aliphatic heterocycles. The molecule has 3 aromatic rings. The summed E-state index contributed by atoms with van der Waals surface area (Å²) in [6.07, 6.45) is 7.45. The number of anilines is 2. The van der Waals surface area contributed by atoms with Crippen molar-refractivity contribution in [3.8, 4) is 5.75 Å². The van der Waals surface area contributed by atoms with E-state index in [0.29, 0.717) is 41.7 Å². The van der Waals surface area contributed by atoms with Crippen LogP contribution in [0.25, 0.3) is 0 Å². The molecule has 5 heterocycles. The summed E-state index contributed by atoms with van der Waals surface area (Å²) >= 11 is 6.40. The van der Waals surface area contributed by atoms with Crippen molar-refractivity contribution < 1.29 is 9.53 Å². The first kappa shape index (κ1) is 23.5. The number of amidine groups is 1. The quantitative estimate of drug-likeness (QED) is 0.540. The second-order valence-electron chi connectivity index (χ2n) is 10.6. The van der Waals surface area contributed by atoms with E-state index in [1.54, 1.807) is 18.2 Å². The Labute approximate surface area is 225 Å². The third kappa shape index (κ3) is 3.52. The number of aromatic nitrogens is 3. The number of methoxy groups -OCH3 is 1. The van der Waals surface area contributed by atoms with Gasteiger partial charge in [0.15, 0.2) is 5.84 Å². The van der Waals surface area contributed by atoms with Gasteiger partial charge in [0.1, 0.15) is 17.3 Å². The molecule has 0 unspecified atom stereocenters. The molecule has 1 aromatic carbocycles. The molecule has 4 aliphatic rings. The summed E-state index contributed by atoms with van der Waals surface area (Å²) in [6.45, 7) is 2.10. The van der Waals surface area contributed by atoms with Gasteiger partial charge in [-0.1, -0.05) is 11.6 Å². The van der Waals surface area contributed by atoms with Gasteiger partial charge in [0.05, 0.1) is 41.9 Å². The predicted octanol–water partition coefficient (Wildman–Crippen LogP) is 3.62. The summed E-state index contributed by atoms with van der Waals surface area (Å²) in [5.41, 5.74) is 12.4. The highest BCUT2D eigenvalue weighted by molar-refractivity contribution is 6.32. The van der Waals surface area contributed by atoms with E-state index in [4.69, 9.17) is 32.0 Å². The van der Waals surface area contributed by atoms with Gasteiger partial charge in [-0.15, -0.1) is 0 Å². The molecule has 2 N–H and O–H groups in total. The zero-order chi connectivity index (χ0) is 26.0. The van der Waals surface area contributed by atoms with Gasteiger partial charge in [-0.2, -0.15) is 0 Å². The van der Waals surface area contributed by atoms with Crippen LogP contribution in [-0.4, -0.2) is 46.9 Å². The van der Waals surface area contributed by atoms with Gasteiger partial charge in [-0.3, -0.25) is 19.7 Å². The van der Waals surface area contributed by atoms with Crippen molar-refractivity contribution in [2.75, 3.05) is 30.0 Å². The maximum absolute atomic E-state index is 12.9. The first-order chi connectivity index (χ1) is 18.5. The lowest BCUT2D eigenvalue weighted by atomic mass is 9.73. The summed E-state index contributed by atoms with van der Waals surface area (Å²) in [4.78, 5) is 35.7. The minimum atomic E-state index is -0.0488. The van der Waals surface area contributed by atoms with Crippen LogP contribution >= 0.6 is 11.6 Å². The number of piperidine rings is 1. The maximum atomic E-state index is 12.9. The maximum Gasteiger partial charge on any atom is 0.233 e. The van der Waals surface area contributed by atoms with Crippen LogP contribution in [0.4, 0.5) is 11.5 Å². The van der Waals surface area contributed by atoms with Crippen LogP contribution in [0.1, 0.15) is 53.5 Å². The number of rotatable bonds is 2. The number of carbonyl (C=O) groups excluding carboxylic acids is 1. The first-order valence-electron chi connectivity index (χ1n) is 13.0. The number of benzene rings is 1. The van der Waals surface area contributed by atoms with Crippen LogP contribution in [0.5, 0.6) is 5.75 Å². The zero-order valence-electron chi connectivity index (χ0n) is 21.2. The number of ether oxygens (including phenoxy) is 1. The van der Waals surface area contributed by atoms with Crippen molar-refractivity contribution in [2.24, 2.45) is 16.1 Å². The summed E-state index contributed by atoms with van der Waals surface area (Å²) < 4.78 is 5.43. The van der Waals surface area contributed by atoms with Crippen LogP contribution in [0.2, 0.25) is 5.02 Å². The molecule has 1 aliphatic carbocycles. The van der Waals surface area contributed by atoms with Crippen molar-refractivity contribution in [3.05, 3.63) is 69.9 Å². The van der Waals surface area contributed by atoms with Gasteiger partial charge in [-0.05, 0) is 60.1 Å². The van der Waals surface area contributed by atoms with E-state index < -0.39 is 0 Å². The van der Waals surface area contributed by atoms with E-state index in [9.17, 15) is 4.79 Å². The molecule has 10 heteroatoms. The summed E-state index contributed by atoms with van der Waals surface area (Å²) in [6, 6.07) is 7.74. The van der Waals surface area contributed by atoms with Crippen molar-refractivity contribution in [2.45, 2.75) is 44.7 Å². The number of aliphatic imine (C=N–C) groups is 1. The van der Waals surface area contributed by atoms with Crippen molar-refractivity contribution in [1.29, 1.82) is 0 Å². The molecule has 1 atom stereocenters. The van der Waals surface area contributed by atoms with E-state index >= 15 is 0 Å². The fourth-order valence-electron chi connectivity index (χ4n) is 6.49. The molecule has 0 radical (unpaired) electrons. The highest BCUT2D eigenvalue weighted by Gasteiger charge is 2.46. The molecular formula is C28H28ClN7O2. The summed E-state index contributed by atoms with van der Waals surface area (Å²) in [5.74, 6) is 2.10. The molecule has 0 bridgehead atoms. The molecule has 9 nitrogen and oxygen atoms in total. The minimum Gasteiger partial charge on any atom is -0.495 e. The largest absolute Gasteiger partial charge is 0.495 e. The highest BCUT2D eigenvalue weighted by Crippen LogP contribution is 2.52. The van der Waals surface area contributed by atoms with Crippen LogP contribution < -0.4 is 20.3 Å². The lowest BCUT2D eigenvalue weighted by molar-refractivity contribution is -0.117. The Morgan fingerprint density at radius 2 is 2.00 bits per heavy atom. The van der Waals surface area contributed by atoms with Gasteiger partial charge in [0.2, 0.25) is 5.91 Å². The standard InChI is InChI=1S/C28H28ClN7O2/c1-38-22-12-17-16(11-18(22)29)13-28(26(17)30)6-9-35(10-7-28)23-15-32-25-20(34-23)14-33-27(25)36-21-3-2-8-31-19(21)4-5-24(36)37/h2-3,8,11-12,15,26H,4-7,9-10,13-14,30H2,1H3/t26-/m1/s1. The topological polar surface area (TPSA) is 110 Å². The number of hydrogen-bond donors (Lipinski definition) is 1. The smallest absolute Gasteiger partial charge is 0.233 e. The number of hydrogen-bond acceptors (Lipinski definition) is 8. The number of aryl methyl sites for hydroxylation is 1. The number of pyridine rings is 1. The average molecular weight is 530 g/mol. The van der Waals surface area contributed by atoms with Crippen LogP contribution in [-0.2, 0) is 24.2 Å². The molecule has 7 rings (SSSR count). The van der Waals surface area contributed by atoms with Gasteiger partial charge < -0.3 is 15.4 Å². The van der Waals surface area contributed by atoms with Crippen LogP contribution in [0.3, 0.4) is 0 Å². The number of halogens is 1. The molecule has 38 heavy (non-hydrogen) atoms. The second-order valence-corrected chi connectivity index (χ2v) is 11.0. The number of nitrogens with two attached hydrogens (primary N) is 1. The number of amides is 1. The summed E-state index contributed by atoms with van der Waals surface area (Å²) in [7, 11) is 1.63. The van der Waals surface area contributed by atoms with Crippen molar-refractivity contribution >= 4 is 34.8 Å². The lowest BCUT2D eigenvalue weighted by Crippen LogP contribution is -2.44. The molecule has 1 spiro atoms. The predicted molar refractivity (Wildman–Crippen MR) is 145 cm³/mol.